The molecular formula is C9H17F. The molecule has 0 unspecified atom stereocenters. The lowest BCUT2D eigenvalue weighted by Crippen LogP contribution is -2.35. The molecule has 0 radical (unpaired) electrons. The van der Waals surface area contributed by atoms with Crippen LogP contribution in [0.4, 0.5) is 4.39 Å². The number of hydrogen-bond acceptors (Lipinski definition) is 0. The molecule has 0 aromatic heterocycles. The lowest BCUT2D eigenvalue weighted by atomic mass is 9.72. The Morgan fingerprint density at radius 1 is 1.30 bits per heavy atom. The second-order valence-electron chi connectivity index (χ2n) is 4.74. The molecule has 0 aliphatic heterocycles. The highest BCUT2D eigenvalue weighted by Gasteiger charge is 2.39. The molecule has 60 valence electrons. The van der Waals surface area contributed by atoms with Crippen LogP contribution in [0.15, 0.2) is 0 Å². The van der Waals surface area contributed by atoms with Gasteiger partial charge in [-0.25, -0.2) is 4.39 Å². The molecule has 0 amide bonds. The van der Waals surface area contributed by atoms with E-state index in [1.165, 1.54) is 0 Å². The van der Waals surface area contributed by atoms with Gasteiger partial charge in [0.25, 0.3) is 0 Å². The van der Waals surface area contributed by atoms with Crippen LogP contribution >= 0.6 is 0 Å². The highest BCUT2D eigenvalue weighted by molar-refractivity contribution is 4.91. The average molecular weight is 144 g/mol. The Balaban J connectivity index is 2.37. The first kappa shape index (κ1) is 8.03. The van der Waals surface area contributed by atoms with E-state index >= 15 is 0 Å². The number of alkyl halides is 1. The topological polar surface area (TPSA) is 0 Å². The summed E-state index contributed by atoms with van der Waals surface area (Å²) >= 11 is 0. The van der Waals surface area contributed by atoms with Gasteiger partial charge in [0, 0.05) is 0 Å². The molecule has 0 atom stereocenters. The maximum Gasteiger partial charge on any atom is 0.111 e. The predicted molar refractivity (Wildman–Crippen MR) is 41.8 cm³/mol. The van der Waals surface area contributed by atoms with Crippen LogP contribution in [-0.2, 0) is 0 Å². The van der Waals surface area contributed by atoms with Crippen LogP contribution in [0.1, 0.15) is 46.5 Å². The van der Waals surface area contributed by atoms with E-state index in [-0.39, 0.29) is 5.41 Å². The quantitative estimate of drug-likeness (QED) is 0.529. The van der Waals surface area contributed by atoms with E-state index < -0.39 is 5.67 Å². The number of hydrogen-bond donors (Lipinski definition) is 0. The zero-order valence-corrected chi connectivity index (χ0v) is 7.21. The lowest BCUT2D eigenvalue weighted by molar-refractivity contribution is 0.0202. The van der Waals surface area contributed by atoms with E-state index in [1.54, 1.807) is 0 Å². The third-order valence-electron chi connectivity index (χ3n) is 2.10. The van der Waals surface area contributed by atoms with Gasteiger partial charge in [0.05, 0.1) is 0 Å². The van der Waals surface area contributed by atoms with Crippen molar-refractivity contribution in [2.45, 2.75) is 52.1 Å². The summed E-state index contributed by atoms with van der Waals surface area (Å²) in [5.41, 5.74) is -0.632. The van der Waals surface area contributed by atoms with Gasteiger partial charge in [-0.2, -0.15) is 0 Å². The Morgan fingerprint density at radius 2 is 1.80 bits per heavy atom. The van der Waals surface area contributed by atoms with Gasteiger partial charge in [0.2, 0.25) is 0 Å². The molecule has 0 aromatic carbocycles. The van der Waals surface area contributed by atoms with Crippen molar-refractivity contribution >= 4 is 0 Å². The summed E-state index contributed by atoms with van der Waals surface area (Å²) in [5.74, 6) is 0. The Morgan fingerprint density at radius 3 is 1.90 bits per heavy atom. The van der Waals surface area contributed by atoms with Crippen molar-refractivity contribution in [3.05, 3.63) is 0 Å². The van der Waals surface area contributed by atoms with Crippen LogP contribution in [0.2, 0.25) is 0 Å². The van der Waals surface area contributed by atoms with E-state index in [9.17, 15) is 4.39 Å². The molecule has 1 fully saturated rings. The van der Waals surface area contributed by atoms with Crippen molar-refractivity contribution < 1.29 is 4.39 Å². The largest absolute Gasteiger partial charge is 0.244 e. The van der Waals surface area contributed by atoms with E-state index in [2.05, 4.69) is 20.8 Å². The summed E-state index contributed by atoms with van der Waals surface area (Å²) in [5, 5.41) is 0. The van der Waals surface area contributed by atoms with Crippen LogP contribution in [0.5, 0.6) is 0 Å². The maximum atomic E-state index is 13.4. The molecule has 10 heavy (non-hydrogen) atoms. The molecule has 1 rings (SSSR count). The number of rotatable bonds is 1. The first-order chi connectivity index (χ1) is 4.41. The maximum absolute atomic E-state index is 13.4. The first-order valence-electron chi connectivity index (χ1n) is 4.10. The fraction of sp³-hybridized carbons (Fsp3) is 1.00. The van der Waals surface area contributed by atoms with E-state index in [0.717, 1.165) is 25.7 Å². The van der Waals surface area contributed by atoms with Gasteiger partial charge >= 0.3 is 0 Å². The highest BCUT2D eigenvalue weighted by atomic mass is 19.1. The molecule has 1 heteroatoms. The Kier molecular flexibility index (Phi) is 1.78. The second kappa shape index (κ2) is 2.21. The molecular weight excluding hydrogens is 127 g/mol. The zero-order valence-electron chi connectivity index (χ0n) is 7.21. The molecule has 1 saturated carbocycles. The molecule has 0 aromatic rings. The monoisotopic (exact) mass is 144 g/mol. The van der Waals surface area contributed by atoms with Gasteiger partial charge in [-0.1, -0.05) is 20.8 Å². The molecule has 0 heterocycles. The molecule has 0 saturated heterocycles. The summed E-state index contributed by atoms with van der Waals surface area (Å²) in [7, 11) is 0. The van der Waals surface area contributed by atoms with Crippen LogP contribution in [0.3, 0.4) is 0 Å². The van der Waals surface area contributed by atoms with Gasteiger partial charge in [0.1, 0.15) is 5.67 Å². The lowest BCUT2D eigenvalue weighted by Gasteiger charge is -2.38. The van der Waals surface area contributed by atoms with Gasteiger partial charge < -0.3 is 0 Å². The molecule has 1 aliphatic rings. The molecule has 0 bridgehead atoms. The van der Waals surface area contributed by atoms with E-state index in [1.807, 2.05) is 0 Å². The zero-order chi connectivity index (χ0) is 7.83. The third kappa shape index (κ3) is 1.96. The summed E-state index contributed by atoms with van der Waals surface area (Å²) in [6, 6.07) is 0. The van der Waals surface area contributed by atoms with E-state index in [4.69, 9.17) is 0 Å². The minimum Gasteiger partial charge on any atom is -0.244 e. The number of halogens is 1. The minimum absolute atomic E-state index is 0.162. The smallest absolute Gasteiger partial charge is 0.111 e. The van der Waals surface area contributed by atoms with E-state index in [0.29, 0.717) is 0 Å². The minimum atomic E-state index is -0.793. The van der Waals surface area contributed by atoms with Crippen molar-refractivity contribution in [3.63, 3.8) is 0 Å². The summed E-state index contributed by atoms with van der Waals surface area (Å²) in [4.78, 5) is 0. The molecule has 1 aliphatic carbocycles. The van der Waals surface area contributed by atoms with Crippen LogP contribution in [0.25, 0.3) is 0 Å². The Hall–Kier alpha value is -0.0700. The predicted octanol–water partition coefficient (Wildman–Crippen LogP) is 3.31. The fourth-order valence-electron chi connectivity index (χ4n) is 1.69. The van der Waals surface area contributed by atoms with Crippen molar-refractivity contribution in [1.82, 2.24) is 0 Å². The van der Waals surface area contributed by atoms with Gasteiger partial charge in [-0.15, -0.1) is 0 Å². The highest BCUT2D eigenvalue weighted by Crippen LogP contribution is 2.43. The van der Waals surface area contributed by atoms with Gasteiger partial charge in [-0.05, 0) is 31.1 Å². The summed E-state index contributed by atoms with van der Waals surface area (Å²) in [6.45, 7) is 6.31. The standard InChI is InChI=1S/C9H17F/c1-8(2,3)7-9(10)5-4-6-9/h4-7H2,1-3H3. The van der Waals surface area contributed by atoms with Crippen molar-refractivity contribution in [1.29, 1.82) is 0 Å². The van der Waals surface area contributed by atoms with Gasteiger partial charge in [-0.3, -0.25) is 0 Å². The molecule has 0 nitrogen and oxygen atoms in total. The van der Waals surface area contributed by atoms with Crippen LogP contribution in [0, 0.1) is 5.41 Å². The van der Waals surface area contributed by atoms with Crippen molar-refractivity contribution in [3.8, 4) is 0 Å². The summed E-state index contributed by atoms with van der Waals surface area (Å²) in [6.07, 6.45) is 3.42. The SMILES string of the molecule is CC(C)(C)CC1(F)CCC1. The molecule has 0 N–H and O–H groups in total. The Bertz CT molecular complexity index is 117. The van der Waals surface area contributed by atoms with Gasteiger partial charge in [0.15, 0.2) is 0 Å². The van der Waals surface area contributed by atoms with Crippen molar-refractivity contribution in [2.24, 2.45) is 5.41 Å². The summed E-state index contributed by atoms with van der Waals surface area (Å²) < 4.78 is 13.4. The average Bonchev–Trinajstić information content (AvgIpc) is 1.57. The van der Waals surface area contributed by atoms with Crippen LogP contribution < -0.4 is 0 Å². The second-order valence-corrected chi connectivity index (χ2v) is 4.74. The third-order valence-corrected chi connectivity index (χ3v) is 2.10. The van der Waals surface area contributed by atoms with Crippen LogP contribution in [-0.4, -0.2) is 5.67 Å². The Labute approximate surface area is 62.8 Å². The molecule has 0 spiro atoms. The fourth-order valence-corrected chi connectivity index (χ4v) is 1.69. The normalized spacial score (nSPS) is 24.0. The first-order valence-corrected chi connectivity index (χ1v) is 4.10. The van der Waals surface area contributed by atoms with Crippen molar-refractivity contribution in [2.75, 3.05) is 0 Å².